The quantitative estimate of drug-likeness (QED) is 0.710. The van der Waals surface area contributed by atoms with E-state index in [0.29, 0.717) is 0 Å². The standard InChI is InChI=1S/C15H27N/c1-12-7-8-15(13(2)11-12)16-10-9-14-5-3-4-6-14/h5,12-13,15-16H,3-4,6-11H2,1-2H3. The van der Waals surface area contributed by atoms with Gasteiger partial charge in [0.2, 0.25) is 0 Å². The van der Waals surface area contributed by atoms with Crippen LogP contribution < -0.4 is 5.32 Å². The molecule has 0 radical (unpaired) electrons. The predicted octanol–water partition coefficient (Wildman–Crippen LogP) is 3.90. The normalized spacial score (nSPS) is 35.1. The van der Waals surface area contributed by atoms with Gasteiger partial charge < -0.3 is 5.32 Å². The fourth-order valence-corrected chi connectivity index (χ4v) is 3.35. The minimum atomic E-state index is 0.790. The molecule has 3 unspecified atom stereocenters. The van der Waals surface area contributed by atoms with Gasteiger partial charge in [0.05, 0.1) is 0 Å². The van der Waals surface area contributed by atoms with E-state index in [4.69, 9.17) is 0 Å². The fraction of sp³-hybridized carbons (Fsp3) is 0.867. The zero-order valence-corrected chi connectivity index (χ0v) is 11.0. The third-order valence-corrected chi connectivity index (χ3v) is 4.42. The van der Waals surface area contributed by atoms with Gasteiger partial charge in [0.1, 0.15) is 0 Å². The van der Waals surface area contributed by atoms with Crippen molar-refractivity contribution in [3.8, 4) is 0 Å². The summed E-state index contributed by atoms with van der Waals surface area (Å²) in [5, 5.41) is 3.78. The van der Waals surface area contributed by atoms with Crippen molar-refractivity contribution >= 4 is 0 Å². The molecule has 0 bridgehead atoms. The predicted molar refractivity (Wildman–Crippen MR) is 70.5 cm³/mol. The zero-order valence-electron chi connectivity index (χ0n) is 11.0. The van der Waals surface area contributed by atoms with E-state index in [0.717, 1.165) is 17.9 Å². The van der Waals surface area contributed by atoms with Crippen LogP contribution in [0.5, 0.6) is 0 Å². The summed E-state index contributed by atoms with van der Waals surface area (Å²) in [4.78, 5) is 0. The van der Waals surface area contributed by atoms with Crippen molar-refractivity contribution in [3.63, 3.8) is 0 Å². The molecule has 2 aliphatic carbocycles. The molecule has 1 nitrogen and oxygen atoms in total. The monoisotopic (exact) mass is 221 g/mol. The van der Waals surface area contributed by atoms with Gasteiger partial charge in [0.25, 0.3) is 0 Å². The Kier molecular flexibility index (Phi) is 4.45. The van der Waals surface area contributed by atoms with Crippen molar-refractivity contribution in [2.24, 2.45) is 11.8 Å². The van der Waals surface area contributed by atoms with Crippen LogP contribution in [-0.2, 0) is 0 Å². The Balaban J connectivity index is 1.65. The molecule has 2 aliphatic rings. The van der Waals surface area contributed by atoms with Gasteiger partial charge in [-0.15, -0.1) is 0 Å². The highest BCUT2D eigenvalue weighted by molar-refractivity contribution is 5.07. The molecule has 1 fully saturated rings. The largest absolute Gasteiger partial charge is 0.313 e. The topological polar surface area (TPSA) is 12.0 Å². The van der Waals surface area contributed by atoms with E-state index in [1.807, 2.05) is 0 Å². The molecule has 0 aromatic rings. The van der Waals surface area contributed by atoms with Gasteiger partial charge in [-0.25, -0.2) is 0 Å². The van der Waals surface area contributed by atoms with Gasteiger partial charge in [0.15, 0.2) is 0 Å². The summed E-state index contributed by atoms with van der Waals surface area (Å²) < 4.78 is 0. The second-order valence-corrected chi connectivity index (χ2v) is 5.96. The molecule has 2 rings (SSSR count). The summed E-state index contributed by atoms with van der Waals surface area (Å²) in [7, 11) is 0. The van der Waals surface area contributed by atoms with E-state index in [-0.39, 0.29) is 0 Å². The van der Waals surface area contributed by atoms with Crippen LogP contribution in [0, 0.1) is 11.8 Å². The van der Waals surface area contributed by atoms with E-state index in [2.05, 4.69) is 25.2 Å². The summed E-state index contributed by atoms with van der Waals surface area (Å²) in [6.07, 6.45) is 12.1. The molecule has 16 heavy (non-hydrogen) atoms. The third kappa shape index (κ3) is 3.35. The molecule has 0 heterocycles. The summed E-state index contributed by atoms with van der Waals surface area (Å²) in [6, 6.07) is 0.790. The summed E-state index contributed by atoms with van der Waals surface area (Å²) >= 11 is 0. The molecule has 1 N–H and O–H groups in total. The van der Waals surface area contributed by atoms with Crippen molar-refractivity contribution < 1.29 is 0 Å². The maximum Gasteiger partial charge on any atom is 0.00930 e. The number of allylic oxidation sites excluding steroid dienone is 1. The highest BCUT2D eigenvalue weighted by atomic mass is 14.9. The lowest BCUT2D eigenvalue weighted by molar-refractivity contribution is 0.229. The van der Waals surface area contributed by atoms with Gasteiger partial charge in [-0.1, -0.05) is 25.5 Å². The van der Waals surface area contributed by atoms with Crippen LogP contribution in [0.2, 0.25) is 0 Å². The molecule has 0 amide bonds. The van der Waals surface area contributed by atoms with Crippen LogP contribution in [-0.4, -0.2) is 12.6 Å². The Hall–Kier alpha value is -0.300. The fourth-order valence-electron chi connectivity index (χ4n) is 3.35. The van der Waals surface area contributed by atoms with E-state index in [1.165, 1.54) is 51.5 Å². The number of nitrogens with one attached hydrogen (secondary N) is 1. The average molecular weight is 221 g/mol. The summed E-state index contributed by atoms with van der Waals surface area (Å²) in [5.74, 6) is 1.83. The van der Waals surface area contributed by atoms with Crippen LogP contribution in [0.25, 0.3) is 0 Å². The molecule has 0 spiro atoms. The number of hydrogen-bond donors (Lipinski definition) is 1. The van der Waals surface area contributed by atoms with Crippen molar-refractivity contribution in [2.45, 2.75) is 64.8 Å². The minimum absolute atomic E-state index is 0.790. The smallest absolute Gasteiger partial charge is 0.00930 e. The lowest BCUT2D eigenvalue weighted by atomic mass is 9.80. The highest BCUT2D eigenvalue weighted by Gasteiger charge is 2.24. The Morgan fingerprint density at radius 2 is 2.19 bits per heavy atom. The summed E-state index contributed by atoms with van der Waals surface area (Å²) in [5.41, 5.74) is 1.70. The Bertz CT molecular complexity index is 244. The lowest BCUT2D eigenvalue weighted by Gasteiger charge is -2.33. The van der Waals surface area contributed by atoms with Gasteiger partial charge in [-0.2, -0.15) is 0 Å². The van der Waals surface area contributed by atoms with Crippen LogP contribution in [0.3, 0.4) is 0 Å². The molecule has 92 valence electrons. The SMILES string of the molecule is CC1CCC(NCCC2=CCCC2)C(C)C1. The molecule has 0 aliphatic heterocycles. The van der Waals surface area contributed by atoms with Crippen LogP contribution in [0.4, 0.5) is 0 Å². The number of rotatable bonds is 4. The molecule has 0 aromatic heterocycles. The molecule has 1 heteroatoms. The van der Waals surface area contributed by atoms with E-state index >= 15 is 0 Å². The van der Waals surface area contributed by atoms with Gasteiger partial charge in [0, 0.05) is 6.04 Å². The first-order valence-electron chi connectivity index (χ1n) is 7.17. The maximum atomic E-state index is 3.78. The first-order valence-corrected chi connectivity index (χ1v) is 7.17. The van der Waals surface area contributed by atoms with E-state index < -0.39 is 0 Å². The summed E-state index contributed by atoms with van der Waals surface area (Å²) in [6.45, 7) is 6.02. The van der Waals surface area contributed by atoms with Crippen molar-refractivity contribution in [3.05, 3.63) is 11.6 Å². The Morgan fingerprint density at radius 3 is 2.88 bits per heavy atom. The van der Waals surface area contributed by atoms with Crippen LogP contribution in [0.1, 0.15) is 58.8 Å². The molecule has 3 atom stereocenters. The second-order valence-electron chi connectivity index (χ2n) is 5.96. The molecule has 0 aromatic carbocycles. The molecular weight excluding hydrogens is 194 g/mol. The van der Waals surface area contributed by atoms with Gasteiger partial charge in [-0.3, -0.25) is 0 Å². The first kappa shape index (κ1) is 12.2. The van der Waals surface area contributed by atoms with Crippen molar-refractivity contribution in [2.75, 3.05) is 6.54 Å². The molecule has 0 saturated heterocycles. The third-order valence-electron chi connectivity index (χ3n) is 4.42. The van der Waals surface area contributed by atoms with E-state index in [1.54, 1.807) is 5.57 Å². The van der Waals surface area contributed by atoms with Crippen LogP contribution in [0.15, 0.2) is 11.6 Å². The minimum Gasteiger partial charge on any atom is -0.313 e. The molecular formula is C15H27N. The van der Waals surface area contributed by atoms with Gasteiger partial charge in [-0.05, 0) is 63.3 Å². The lowest BCUT2D eigenvalue weighted by Crippen LogP contribution is -2.39. The van der Waals surface area contributed by atoms with E-state index in [9.17, 15) is 0 Å². The Labute approximate surface area is 101 Å². The van der Waals surface area contributed by atoms with Gasteiger partial charge >= 0.3 is 0 Å². The van der Waals surface area contributed by atoms with Crippen LogP contribution >= 0.6 is 0 Å². The van der Waals surface area contributed by atoms with Crippen molar-refractivity contribution in [1.82, 2.24) is 5.32 Å². The average Bonchev–Trinajstić information content (AvgIpc) is 2.74. The highest BCUT2D eigenvalue weighted by Crippen LogP contribution is 2.28. The van der Waals surface area contributed by atoms with Crippen molar-refractivity contribution in [1.29, 1.82) is 0 Å². The first-order chi connectivity index (χ1) is 7.75. The zero-order chi connectivity index (χ0) is 11.4. The number of hydrogen-bond acceptors (Lipinski definition) is 1. The second kappa shape index (κ2) is 5.86. The Morgan fingerprint density at radius 1 is 1.31 bits per heavy atom. The maximum absolute atomic E-state index is 3.78. The molecule has 1 saturated carbocycles.